The van der Waals surface area contributed by atoms with Gasteiger partial charge in [0.25, 0.3) is 0 Å². The van der Waals surface area contributed by atoms with Gasteiger partial charge in [0.1, 0.15) is 41.2 Å². The minimum atomic E-state index is -1.75. The van der Waals surface area contributed by atoms with Gasteiger partial charge in [-0.1, -0.05) is 131 Å². The number of carbonyl (C=O) groups excluding carboxylic acids is 3. The van der Waals surface area contributed by atoms with Crippen LogP contribution in [0.2, 0.25) is 0 Å². The van der Waals surface area contributed by atoms with Crippen LogP contribution in [0, 0.1) is 97.1 Å². The number of hydrogen-bond acceptors (Lipinski definition) is 12. The first-order valence-electron chi connectivity index (χ1n) is 42.7. The number of rotatable bonds is 7. The summed E-state index contributed by atoms with van der Waals surface area (Å²) in [5.41, 5.74) is 5.59. The molecule has 1 aromatic heterocycles. The van der Waals surface area contributed by atoms with Crippen molar-refractivity contribution in [2.24, 2.45) is 97.1 Å². The lowest BCUT2D eigenvalue weighted by atomic mass is 9.44. The Kier molecular flexibility index (Phi) is 19.2. The topological polar surface area (TPSA) is 204 Å². The van der Waals surface area contributed by atoms with E-state index in [0.29, 0.717) is 108 Å². The van der Waals surface area contributed by atoms with Crippen molar-refractivity contribution in [3.05, 3.63) is 154 Å². The number of carbonyl (C=O) groups is 3. The Morgan fingerprint density at radius 1 is 0.741 bits per heavy atom. The minimum absolute atomic E-state index is 0.0179. The van der Waals surface area contributed by atoms with E-state index in [9.17, 15) is 45.0 Å². The van der Waals surface area contributed by atoms with Crippen LogP contribution in [0.15, 0.2) is 130 Å². The van der Waals surface area contributed by atoms with E-state index in [4.69, 9.17) is 13.9 Å². The lowest BCUT2D eigenvalue weighted by molar-refractivity contribution is -0.279. The molecule has 1 spiro atoms. The number of cyclic esters (lactones) is 1. The lowest BCUT2D eigenvalue weighted by Crippen LogP contribution is -2.72. The van der Waals surface area contributed by atoms with E-state index < -0.39 is 57.5 Å². The van der Waals surface area contributed by atoms with Gasteiger partial charge >= 0.3 is 5.97 Å². The number of aryl methyl sites for hydroxylation is 1. The van der Waals surface area contributed by atoms with Crippen molar-refractivity contribution in [3.8, 4) is 5.75 Å². The molecule has 10 fully saturated rings. The molecule has 16 aliphatic rings. The summed E-state index contributed by atoms with van der Waals surface area (Å²) in [5.74, 6) is 8.14. The van der Waals surface area contributed by atoms with E-state index in [2.05, 4.69) is 102 Å². The molecule has 0 amide bonds. The van der Waals surface area contributed by atoms with Gasteiger partial charge in [-0.25, -0.2) is 4.79 Å². The van der Waals surface area contributed by atoms with Crippen molar-refractivity contribution < 1.29 is 58.9 Å². The minimum Gasteiger partial charge on any atom is -0.489 e. The Labute approximate surface area is 644 Å². The van der Waals surface area contributed by atoms with Gasteiger partial charge in [0.2, 0.25) is 0 Å². The van der Waals surface area contributed by atoms with Crippen molar-refractivity contribution in [2.45, 2.75) is 309 Å². The van der Waals surface area contributed by atoms with Crippen LogP contribution in [-0.2, 0) is 32.1 Å². The monoisotopic (exact) mass is 1470 g/mol. The van der Waals surface area contributed by atoms with Crippen molar-refractivity contribution >= 4 is 23.6 Å². The molecule has 0 radical (unpaired) electrons. The highest BCUT2D eigenvalue weighted by Crippen LogP contribution is 2.74. The highest BCUT2D eigenvalue weighted by Gasteiger charge is 2.77. The smallest absolute Gasteiger partial charge is 0.334 e. The first-order valence-corrected chi connectivity index (χ1v) is 42.7. The number of aliphatic hydroxyl groups excluding tert-OH is 2. The summed E-state index contributed by atoms with van der Waals surface area (Å²) in [6, 6.07) is 19.1. The predicted octanol–water partition coefficient (Wildman–Crippen LogP) is 18.8. The summed E-state index contributed by atoms with van der Waals surface area (Å²) in [5, 5.41) is 68.5. The SMILES string of the molecule is C=C1C=C2CCC3C(CC[C@@]4(C)C3CC[C@@H]4C(C)=O)[C@@]2(C)CC1.CC12CCC3c4ccc(OCc5ccccc5)cc4CCC3C1C[C@@H](O)[C@@H]2O.CC1=C(C)C(=O)O[C@H]([C@](C)(O)C2(O)CC[C@@]3(O)[C@@H]4CC=C5CC=CC(=O)[C@]5(C)C4CC[C@]23C)C1.CC[C@@]1(O)C[C@@]23CCC4c5ccoc5C=C[C@@]4(C)C2CC[C@@H]1C3. The molecular weight excluding hydrogens is 1350 g/mol. The van der Waals surface area contributed by atoms with Gasteiger partial charge in [-0.2, -0.15) is 0 Å². The largest absolute Gasteiger partial charge is 0.489 e. The highest BCUT2D eigenvalue weighted by atomic mass is 16.6. The average Bonchev–Trinajstić information content (AvgIpc) is 1.45. The number of ketones is 2. The number of ether oxygens (including phenoxy) is 2. The van der Waals surface area contributed by atoms with E-state index in [0.717, 1.165) is 98.2 Å². The summed E-state index contributed by atoms with van der Waals surface area (Å²) in [4.78, 5) is 37.7. The zero-order valence-electron chi connectivity index (χ0n) is 67.0. The van der Waals surface area contributed by atoms with Gasteiger partial charge in [-0.15, -0.1) is 0 Å². The summed E-state index contributed by atoms with van der Waals surface area (Å²) in [6.45, 7) is 27.5. The van der Waals surface area contributed by atoms with Gasteiger partial charge < -0.3 is 44.5 Å². The van der Waals surface area contributed by atoms with Gasteiger partial charge in [-0.3, -0.25) is 9.59 Å². The van der Waals surface area contributed by atoms with Gasteiger partial charge in [-0.05, 0) is 341 Å². The second-order valence-corrected chi connectivity index (χ2v) is 40.0. The Bertz CT molecular complexity index is 4210. The molecule has 584 valence electrons. The number of fused-ring (bicyclic) bond motifs is 20. The number of furan rings is 1. The van der Waals surface area contributed by atoms with Crippen molar-refractivity contribution in [3.63, 3.8) is 0 Å². The summed E-state index contributed by atoms with van der Waals surface area (Å²) < 4.78 is 17.3. The van der Waals surface area contributed by atoms with Gasteiger partial charge in [0.15, 0.2) is 5.78 Å². The van der Waals surface area contributed by atoms with E-state index in [1.54, 1.807) is 25.5 Å². The van der Waals surface area contributed by atoms with Crippen LogP contribution in [0.5, 0.6) is 5.75 Å². The molecule has 6 N–H and O–H groups in total. The summed E-state index contributed by atoms with van der Waals surface area (Å²) in [6.07, 6.45) is 39.6. The second-order valence-electron chi connectivity index (χ2n) is 40.0. The molecule has 10 saturated carbocycles. The van der Waals surface area contributed by atoms with Gasteiger partial charge in [0, 0.05) is 28.9 Å². The fraction of sp³-hybridized carbons (Fsp3) is 0.677. The predicted molar refractivity (Wildman–Crippen MR) is 422 cm³/mol. The Morgan fingerprint density at radius 2 is 1.50 bits per heavy atom. The van der Waals surface area contributed by atoms with Crippen LogP contribution < -0.4 is 4.74 Å². The van der Waals surface area contributed by atoms with E-state index in [1.807, 2.05) is 58.2 Å². The van der Waals surface area contributed by atoms with Crippen molar-refractivity contribution in [1.82, 2.24) is 0 Å². The molecular formula is C96H128O12. The molecule has 3 aromatic rings. The number of aliphatic hydroxyl groups is 6. The van der Waals surface area contributed by atoms with E-state index in [-0.39, 0.29) is 34.9 Å². The zero-order chi connectivity index (χ0) is 76.5. The first-order chi connectivity index (χ1) is 51.2. The Balaban J connectivity index is 0.000000111. The molecule has 2 heterocycles. The molecule has 0 saturated heterocycles. The van der Waals surface area contributed by atoms with Gasteiger partial charge in [0.05, 0.1) is 35.1 Å². The van der Waals surface area contributed by atoms with E-state index >= 15 is 0 Å². The van der Waals surface area contributed by atoms with Crippen LogP contribution >= 0.6 is 0 Å². The maximum Gasteiger partial charge on any atom is 0.334 e. The fourth-order valence-corrected chi connectivity index (χ4v) is 29.4. The first kappa shape index (κ1) is 76.5. The molecule has 15 aliphatic carbocycles. The molecule has 19 rings (SSSR count). The average molecular weight is 1470 g/mol. The number of esters is 1. The van der Waals surface area contributed by atoms with Crippen LogP contribution in [0.1, 0.15) is 283 Å². The lowest BCUT2D eigenvalue weighted by Gasteiger charge is -2.63. The summed E-state index contributed by atoms with van der Waals surface area (Å²) in [7, 11) is 0. The summed E-state index contributed by atoms with van der Waals surface area (Å²) >= 11 is 0. The van der Waals surface area contributed by atoms with Crippen LogP contribution in [0.3, 0.4) is 0 Å². The van der Waals surface area contributed by atoms with Crippen LogP contribution in [0.25, 0.3) is 6.08 Å². The maximum atomic E-state index is 13.1. The third-order valence-corrected chi connectivity index (χ3v) is 35.9. The fourth-order valence-electron chi connectivity index (χ4n) is 29.4. The molecule has 26 atom stereocenters. The van der Waals surface area contributed by atoms with E-state index in [1.165, 1.54) is 105 Å². The molecule has 2 aromatic carbocycles. The van der Waals surface area contributed by atoms with Crippen LogP contribution in [-0.4, -0.2) is 88.9 Å². The Hall–Kier alpha value is -5.47. The number of hydrogen-bond donors (Lipinski definition) is 6. The second kappa shape index (κ2) is 27.1. The molecule has 108 heavy (non-hydrogen) atoms. The molecule has 12 nitrogen and oxygen atoms in total. The highest BCUT2D eigenvalue weighted by molar-refractivity contribution is 5.98. The number of benzene rings is 2. The van der Waals surface area contributed by atoms with Crippen molar-refractivity contribution in [1.29, 1.82) is 0 Å². The standard InChI is InChI=1S/C28H38O6.C25H30O3.C22H32O.C21H28O2/c1-16-15-22(34-23(30)17(16)2)26(5,31)28(33)14-13-27(32)20-10-9-18-7-6-8-21(29)25(18,4)19(20)11-12-24(27,28)3;1-25-12-11-20-19-10-8-18(28-15-16-5-3-2-4-6-16)13-17(19)7-9-21(20)22(25)14-23(26)24(25)27;1-14-9-11-21(3)16(13-14)5-6-17-19-8-7-18(15(2)23)22(19,4)12-10-20(17)21;1-3-21(22)13-20-10-6-16-15-8-11-23-17(15)7-9-19(16,2)18(20)5-4-14(21)12-20/h6,8-9,19-20,22,31-33H,7,10-15H2,1-5H3;2-6,8,10,13,20-24,26-27H,7,9,11-12,14-15H2,1H3;13,17-20H,1,5-12H2,2-4H3;7-9,11,14,16,18,22H,3-6,10,12-13H2,1-2H3/t19?,20-,22+,24+,25+,26+,27-,28?;20?,21?,22?,23-,24+,25?;17?,18-,19?,20?,21+,22-;14-,16?,18?,19-,20+,21-/m1111/s1. The maximum absolute atomic E-state index is 13.1. The molecule has 1 aliphatic heterocycles. The third kappa shape index (κ3) is 11.4. The normalized spacial score (nSPS) is 45.6. The Morgan fingerprint density at radius 3 is 2.26 bits per heavy atom. The molecule has 12 heteroatoms. The van der Waals surface area contributed by atoms with Crippen LogP contribution in [0.4, 0.5) is 0 Å². The zero-order valence-corrected chi connectivity index (χ0v) is 67.0. The number of Topliss-reactive ketones (excluding diaryl/α,β-unsaturated/α-hetero) is 1. The van der Waals surface area contributed by atoms with Crippen molar-refractivity contribution in [2.75, 3.05) is 0 Å². The quantitative estimate of drug-likeness (QED) is 0.0966. The third-order valence-electron chi connectivity index (χ3n) is 35.9. The molecule has 11 unspecified atom stereocenters. The molecule has 2 bridgehead atoms. The number of allylic oxidation sites excluding steroid dienone is 8.